The van der Waals surface area contributed by atoms with Crippen LogP contribution in [0.25, 0.3) is 21.1 Å². The number of pyridine rings is 1. The summed E-state index contributed by atoms with van der Waals surface area (Å²) in [4.78, 5) is 38.4. The molecule has 0 aliphatic carbocycles. The van der Waals surface area contributed by atoms with E-state index < -0.39 is 19.9 Å². The van der Waals surface area contributed by atoms with Crippen LogP contribution in [0, 0.1) is 5.92 Å². The molecule has 1 aromatic carbocycles. The molecule has 0 radical (unpaired) electrons. The minimum absolute atomic E-state index is 0.204. The molecule has 240 valence electrons. The Morgan fingerprint density at radius 3 is 2.73 bits per heavy atom. The number of nitrogens with two attached hydrogens (primary N) is 1. The van der Waals surface area contributed by atoms with Gasteiger partial charge in [0.05, 0.1) is 50.3 Å². The number of hydrogen-bond acceptors (Lipinski definition) is 9. The number of aromatic nitrogens is 4. The van der Waals surface area contributed by atoms with Crippen LogP contribution in [0.3, 0.4) is 0 Å². The van der Waals surface area contributed by atoms with Crippen LogP contribution in [-0.4, -0.2) is 70.9 Å². The molecule has 2 fully saturated rings. The smallest absolute Gasteiger partial charge is 0.314 e. The molecule has 0 unspecified atom stereocenters. The number of amides is 2. The minimum Gasteiger partial charge on any atom is -0.383 e. The van der Waals surface area contributed by atoms with Crippen molar-refractivity contribution in [3.8, 4) is 0 Å². The number of nitrogens with one attached hydrogen (secondary N) is 1. The van der Waals surface area contributed by atoms with Gasteiger partial charge in [0.2, 0.25) is 0 Å². The molecule has 3 N–H and O–H groups in total. The van der Waals surface area contributed by atoms with Crippen molar-refractivity contribution in [2.24, 2.45) is 5.92 Å². The predicted molar refractivity (Wildman–Crippen MR) is 180 cm³/mol. The Bertz CT molecular complexity index is 1690. The molecule has 2 aliphatic heterocycles. The van der Waals surface area contributed by atoms with E-state index in [0.717, 1.165) is 65.7 Å². The second kappa shape index (κ2) is 13.1. The van der Waals surface area contributed by atoms with E-state index >= 15 is 0 Å². The molecule has 2 atom stereocenters. The number of benzene rings is 1. The Morgan fingerprint density at radius 2 is 1.96 bits per heavy atom. The molecule has 11 nitrogen and oxygen atoms in total. The Hall–Kier alpha value is -3.39. The summed E-state index contributed by atoms with van der Waals surface area (Å²) in [7, 11) is -1.25. The third kappa shape index (κ3) is 7.06. The SMILES string of the molecule is C[C@H]1CC[C@H](c2ccc3sc(C4CCOCC4)nc3c2)N(C(=O)C(=O)Nc2cnc(N)c3cnn(COCC[Si](C)(C)C)c23)C1. The van der Waals surface area contributed by atoms with E-state index in [9.17, 15) is 9.59 Å². The van der Waals surface area contributed by atoms with Gasteiger partial charge in [0.25, 0.3) is 0 Å². The van der Waals surface area contributed by atoms with Crippen molar-refractivity contribution in [2.45, 2.75) is 77.0 Å². The first-order chi connectivity index (χ1) is 21.6. The van der Waals surface area contributed by atoms with Crippen molar-refractivity contribution in [3.05, 3.63) is 41.2 Å². The molecule has 6 rings (SSSR count). The van der Waals surface area contributed by atoms with Gasteiger partial charge >= 0.3 is 11.8 Å². The van der Waals surface area contributed by atoms with Gasteiger partial charge in [-0.1, -0.05) is 32.6 Å². The molecular formula is C32H43N7O4SSi. The van der Waals surface area contributed by atoms with Crippen molar-refractivity contribution < 1.29 is 19.1 Å². The Labute approximate surface area is 268 Å². The Kier molecular flexibility index (Phi) is 9.23. The summed E-state index contributed by atoms with van der Waals surface area (Å²) < 4.78 is 14.3. The number of likely N-dealkylation sites (tertiary alicyclic amines) is 1. The highest BCUT2D eigenvalue weighted by Gasteiger charge is 2.35. The van der Waals surface area contributed by atoms with Crippen molar-refractivity contribution in [1.29, 1.82) is 0 Å². The van der Waals surface area contributed by atoms with Gasteiger partial charge in [-0.25, -0.2) is 14.6 Å². The lowest BCUT2D eigenvalue weighted by molar-refractivity contribution is -0.146. The highest BCUT2D eigenvalue weighted by molar-refractivity contribution is 7.18. The largest absolute Gasteiger partial charge is 0.383 e. The van der Waals surface area contributed by atoms with Crippen molar-refractivity contribution >= 4 is 63.8 Å². The van der Waals surface area contributed by atoms with Crippen LogP contribution in [0.1, 0.15) is 55.1 Å². The zero-order chi connectivity index (χ0) is 31.7. The van der Waals surface area contributed by atoms with E-state index in [1.807, 2.05) is 0 Å². The van der Waals surface area contributed by atoms with Gasteiger partial charge in [0.1, 0.15) is 12.5 Å². The van der Waals surface area contributed by atoms with Crippen LogP contribution >= 0.6 is 11.3 Å². The number of fused-ring (bicyclic) bond motifs is 2. The number of ether oxygens (including phenoxy) is 2. The zero-order valence-electron chi connectivity index (χ0n) is 26.5. The third-order valence-corrected chi connectivity index (χ3v) is 11.7. The number of anilines is 2. The molecule has 0 bridgehead atoms. The number of nitrogen functional groups attached to an aromatic ring is 1. The Morgan fingerprint density at radius 1 is 1.16 bits per heavy atom. The summed E-state index contributed by atoms with van der Waals surface area (Å²) in [5, 5.41) is 9.01. The topological polar surface area (TPSA) is 137 Å². The Balaban J connectivity index is 1.21. The van der Waals surface area contributed by atoms with E-state index in [1.54, 1.807) is 27.1 Å². The zero-order valence-corrected chi connectivity index (χ0v) is 28.4. The predicted octanol–water partition coefficient (Wildman–Crippen LogP) is 5.77. The third-order valence-electron chi connectivity index (χ3n) is 8.82. The summed E-state index contributed by atoms with van der Waals surface area (Å²) in [6.45, 7) is 11.9. The van der Waals surface area contributed by atoms with Crippen LogP contribution in [0.15, 0.2) is 30.6 Å². The molecule has 0 spiro atoms. The molecule has 3 aromatic heterocycles. The highest BCUT2D eigenvalue weighted by atomic mass is 32.1. The van der Waals surface area contributed by atoms with Crippen molar-refractivity contribution in [2.75, 3.05) is 37.4 Å². The molecule has 2 amide bonds. The summed E-state index contributed by atoms with van der Waals surface area (Å²) in [6, 6.07) is 7.10. The fraction of sp³-hybridized carbons (Fsp3) is 0.531. The van der Waals surface area contributed by atoms with E-state index in [4.69, 9.17) is 20.2 Å². The quantitative estimate of drug-likeness (QED) is 0.140. The van der Waals surface area contributed by atoms with E-state index in [0.29, 0.717) is 41.5 Å². The van der Waals surface area contributed by atoms with Crippen LogP contribution in [-0.2, 0) is 25.8 Å². The van der Waals surface area contributed by atoms with Gasteiger partial charge in [-0.2, -0.15) is 5.10 Å². The fourth-order valence-electron chi connectivity index (χ4n) is 6.16. The standard InChI is InChI=1S/C32H43N7O4SSi/c1-20-5-7-26(22-6-8-27-24(15-22)37-31(44-27)21-9-11-42-12-10-21)38(18-20)32(41)30(40)36-25-17-34-29(33)23-16-35-39(28(23)25)19-43-13-14-45(2,3)4/h6,8,15-17,20-21,26H,5,7,9-14,18-19H2,1-4H3,(H2,33,34)(H,36,40)/t20-,26+/m0/s1. The number of piperidine rings is 1. The lowest BCUT2D eigenvalue weighted by atomic mass is 9.89. The summed E-state index contributed by atoms with van der Waals surface area (Å²) in [5.74, 6) is -0.286. The average molecular weight is 650 g/mol. The van der Waals surface area contributed by atoms with Crippen LogP contribution < -0.4 is 11.1 Å². The second-order valence-electron chi connectivity index (χ2n) is 13.6. The number of rotatable bonds is 8. The van der Waals surface area contributed by atoms with Crippen molar-refractivity contribution in [3.63, 3.8) is 0 Å². The maximum atomic E-state index is 13.8. The number of thiazole rings is 1. The van der Waals surface area contributed by atoms with Gasteiger partial charge in [0, 0.05) is 40.4 Å². The molecule has 13 heteroatoms. The number of hydrogen-bond donors (Lipinski definition) is 2. The normalized spacial score (nSPS) is 19.8. The lowest BCUT2D eigenvalue weighted by Crippen LogP contribution is -2.46. The summed E-state index contributed by atoms with van der Waals surface area (Å²) >= 11 is 1.74. The van der Waals surface area contributed by atoms with E-state index in [-0.39, 0.29) is 18.7 Å². The maximum absolute atomic E-state index is 13.8. The van der Waals surface area contributed by atoms with Crippen molar-refractivity contribution in [1.82, 2.24) is 24.6 Å². The van der Waals surface area contributed by atoms with Gasteiger partial charge in [0.15, 0.2) is 0 Å². The van der Waals surface area contributed by atoms with Crippen LogP contribution in [0.4, 0.5) is 11.5 Å². The molecule has 2 aliphatic rings. The molecule has 4 aromatic rings. The van der Waals surface area contributed by atoms with E-state index in [2.05, 4.69) is 60.2 Å². The highest BCUT2D eigenvalue weighted by Crippen LogP contribution is 2.38. The van der Waals surface area contributed by atoms with Crippen LogP contribution in [0.5, 0.6) is 0 Å². The molecule has 45 heavy (non-hydrogen) atoms. The number of nitrogens with zero attached hydrogens (tertiary/aromatic N) is 5. The molecular weight excluding hydrogens is 607 g/mol. The van der Waals surface area contributed by atoms with Gasteiger partial charge in [-0.3, -0.25) is 9.59 Å². The first-order valence-corrected chi connectivity index (χ1v) is 20.4. The van der Waals surface area contributed by atoms with Gasteiger partial charge < -0.3 is 25.4 Å². The molecule has 0 saturated carbocycles. The lowest BCUT2D eigenvalue weighted by Gasteiger charge is -2.38. The average Bonchev–Trinajstić information content (AvgIpc) is 3.65. The number of carbonyl (C=O) groups excluding carboxylic acids is 2. The monoisotopic (exact) mass is 649 g/mol. The maximum Gasteiger partial charge on any atom is 0.314 e. The summed E-state index contributed by atoms with van der Waals surface area (Å²) in [6.07, 6.45) is 6.82. The number of carbonyl (C=O) groups is 2. The second-order valence-corrected chi connectivity index (χ2v) is 20.3. The first kappa shape index (κ1) is 31.6. The fourth-order valence-corrected chi connectivity index (χ4v) is 8.03. The van der Waals surface area contributed by atoms with Gasteiger partial charge in [-0.15, -0.1) is 11.3 Å². The molecule has 5 heterocycles. The van der Waals surface area contributed by atoms with Crippen LogP contribution in [0.2, 0.25) is 25.7 Å². The van der Waals surface area contributed by atoms with E-state index in [1.165, 1.54) is 6.20 Å². The minimum atomic E-state index is -1.25. The summed E-state index contributed by atoms with van der Waals surface area (Å²) in [5.41, 5.74) is 9.04. The molecule has 2 saturated heterocycles. The van der Waals surface area contributed by atoms with Gasteiger partial charge in [-0.05, 0) is 55.3 Å². The first-order valence-electron chi connectivity index (χ1n) is 15.8.